The van der Waals surface area contributed by atoms with Gasteiger partial charge in [-0.2, -0.15) is 0 Å². The average Bonchev–Trinajstić information content (AvgIpc) is 0.729. The predicted octanol–water partition coefficient (Wildman–Crippen LogP) is 12.5. The number of hydrogen-bond acceptors (Lipinski definition) is 13. The summed E-state index contributed by atoms with van der Waals surface area (Å²) in [4.78, 5) is 39.2. The van der Waals surface area contributed by atoms with E-state index in [1.807, 2.05) is 0 Å². The Labute approximate surface area is 561 Å². The Bertz CT molecular complexity index is 3610. The van der Waals surface area contributed by atoms with Crippen molar-refractivity contribution in [3.8, 4) is 0 Å². The second kappa shape index (κ2) is 39.0. The Morgan fingerprint density at radius 3 is 0.421 bits per heavy atom. The molecule has 0 saturated carbocycles. The van der Waals surface area contributed by atoms with Crippen molar-refractivity contribution in [2.24, 2.45) is 9.03 Å². The third-order valence-electron chi connectivity index (χ3n) is 14.1. The van der Waals surface area contributed by atoms with Crippen LogP contribution < -0.4 is 74.8 Å². The first kappa shape index (κ1) is 75.0. The summed E-state index contributed by atoms with van der Waals surface area (Å²) < 4.78 is 12.8. The number of nitrogens with zero attached hydrogens (tertiary/aromatic N) is 7. The van der Waals surface area contributed by atoms with Gasteiger partial charge in [0.25, 0.3) is 0 Å². The molecular weight excluding hydrogens is 1320 g/mol. The molecule has 0 bridgehead atoms. The molecule has 12 aromatic carbocycles. The molecule has 0 spiro atoms. The fraction of sp³-hybridized carbons (Fsp3) is 0. The van der Waals surface area contributed by atoms with E-state index in [0.717, 1.165) is 0 Å². The van der Waals surface area contributed by atoms with Crippen LogP contribution in [0, 0.1) is 55.8 Å². The zero-order valence-electron chi connectivity index (χ0n) is 50.4. The molecule has 0 atom stereocenters. The van der Waals surface area contributed by atoms with Crippen LogP contribution in [0.25, 0.3) is 0 Å². The van der Waals surface area contributed by atoms with Gasteiger partial charge < -0.3 is 46.0 Å². The number of nitroso groups, excluding NO2 is 2. The van der Waals surface area contributed by atoms with E-state index in [9.17, 15) is 0 Å². The van der Waals surface area contributed by atoms with Gasteiger partial charge >= 0.3 is 0 Å². The maximum atomic E-state index is 8.25. The average molecular weight is 1380 g/mol. The SMILES string of the molecule is O=[N+]([O-])[O-].O=[N+]([O-])[O-].O=[N+]([O-])[O-].[Fe].[N]=O.[N]=O.c1ccc(P(=N[P+](c2ccccc2)(c2ccccc2)c2ccccc2)(c2ccccc2)c2ccccc2)cc1.c1ccc(P(=N[P+](c2ccccc2)(c2ccccc2)c2ccccc2)(c2ccccc2)c2ccccc2)cc1. The molecule has 12 aromatic rings. The Morgan fingerprint density at radius 1 is 0.221 bits per heavy atom. The minimum absolute atomic E-state index is 0. The number of benzene rings is 12. The molecule has 0 aliphatic heterocycles. The van der Waals surface area contributed by atoms with E-state index < -0.39 is 44.2 Å². The maximum Gasteiger partial charge on any atom is 0.228 e. The van der Waals surface area contributed by atoms with Gasteiger partial charge in [-0.25, -0.2) is 0 Å². The van der Waals surface area contributed by atoms with Crippen molar-refractivity contribution < 1.29 is 32.3 Å². The predicted molar refractivity (Wildman–Crippen MR) is 388 cm³/mol. The van der Waals surface area contributed by atoms with E-state index in [2.05, 4.69) is 364 Å². The summed E-state index contributed by atoms with van der Waals surface area (Å²) in [6.07, 6.45) is 0. The van der Waals surface area contributed by atoms with Gasteiger partial charge in [0.1, 0.15) is 57.1 Å². The third-order valence-corrected chi connectivity index (χ3v) is 30.9. The van der Waals surface area contributed by atoms with Crippen LogP contribution in [-0.4, -0.2) is 15.3 Å². The Balaban J connectivity index is 0.000000279. The van der Waals surface area contributed by atoms with E-state index in [4.69, 9.17) is 76.0 Å². The molecule has 0 fully saturated rings. The van der Waals surface area contributed by atoms with Crippen molar-refractivity contribution in [2.75, 3.05) is 0 Å². The molecule has 12 rings (SSSR count). The van der Waals surface area contributed by atoms with Crippen LogP contribution in [0.2, 0.25) is 0 Å². The van der Waals surface area contributed by atoms with E-state index >= 15 is 0 Å². The summed E-state index contributed by atoms with van der Waals surface area (Å²) in [6, 6.07) is 131. The molecule has 0 saturated heterocycles. The van der Waals surface area contributed by atoms with Crippen molar-refractivity contribution in [1.29, 1.82) is 0 Å². The van der Waals surface area contributed by atoms with Crippen molar-refractivity contribution in [1.82, 2.24) is 11.2 Å². The fourth-order valence-electron chi connectivity index (χ4n) is 10.5. The smallest absolute Gasteiger partial charge is 0.228 e. The third kappa shape index (κ3) is 19.2. The first-order valence-corrected chi connectivity index (χ1v) is 35.4. The van der Waals surface area contributed by atoms with E-state index in [1.165, 1.54) is 63.7 Å². The maximum absolute atomic E-state index is 8.25. The molecule has 0 N–H and O–H groups in total. The van der Waals surface area contributed by atoms with Crippen LogP contribution in [0.15, 0.2) is 373 Å². The first-order chi connectivity index (χ1) is 45.9. The van der Waals surface area contributed by atoms with Gasteiger partial charge in [0, 0.05) is 48.9 Å². The van der Waals surface area contributed by atoms with Gasteiger partial charge in [0.05, 0.1) is 15.3 Å². The molecule has 95 heavy (non-hydrogen) atoms. The zero-order valence-corrected chi connectivity index (χ0v) is 55.1. The summed E-state index contributed by atoms with van der Waals surface area (Å²) in [7, 11) is -9.99. The first-order valence-electron chi connectivity index (χ1n) is 28.4. The topological polar surface area (TPSA) is 302 Å². The Kier molecular flexibility index (Phi) is 30.8. The van der Waals surface area contributed by atoms with E-state index in [1.54, 1.807) is 0 Å². The van der Waals surface area contributed by atoms with Crippen molar-refractivity contribution in [2.45, 2.75) is 0 Å². The Hall–Kier alpha value is -10.7. The van der Waals surface area contributed by atoms with Crippen LogP contribution in [-0.2, 0) is 17.1 Å². The summed E-state index contributed by atoms with van der Waals surface area (Å²) in [5.41, 5.74) is 11.5. The summed E-state index contributed by atoms with van der Waals surface area (Å²) >= 11 is 0. The summed E-state index contributed by atoms with van der Waals surface area (Å²) in [5, 5.41) is 59.4. The van der Waals surface area contributed by atoms with Gasteiger partial charge in [-0.3, -0.25) is 0 Å². The zero-order chi connectivity index (χ0) is 67.5. The summed E-state index contributed by atoms with van der Waals surface area (Å²) in [5.74, 6) is 0. The molecule has 18 nitrogen and oxygen atoms in total. The normalized spacial score (nSPS) is 10.4. The van der Waals surface area contributed by atoms with Gasteiger partial charge in [0.15, 0.2) is 0 Å². The molecule has 0 aliphatic rings. The van der Waals surface area contributed by atoms with Crippen LogP contribution in [0.3, 0.4) is 0 Å². The molecule has 0 aromatic heterocycles. The Morgan fingerprint density at radius 2 is 0.316 bits per heavy atom. The van der Waals surface area contributed by atoms with Crippen LogP contribution in [0.5, 0.6) is 0 Å². The van der Waals surface area contributed by atoms with Crippen molar-refractivity contribution in [3.05, 3.63) is 420 Å². The molecular formula is C72H60FeN7O11P4-. The van der Waals surface area contributed by atoms with Gasteiger partial charge in [-0.05, 0) is 72.8 Å². The van der Waals surface area contributed by atoms with Gasteiger partial charge in [-0.1, -0.05) is 291 Å². The number of rotatable bonds is 14. The molecule has 23 heteroatoms. The van der Waals surface area contributed by atoms with Crippen molar-refractivity contribution in [3.63, 3.8) is 0 Å². The minimum Gasteiger partial charge on any atom is -0.356 e. The number of hydrogen-bond donors (Lipinski definition) is 0. The minimum atomic E-state index is -2.50. The quantitative estimate of drug-likeness (QED) is 0.0426. The van der Waals surface area contributed by atoms with Gasteiger partial charge in [-0.15, -0.1) is 18.8 Å². The van der Waals surface area contributed by atoms with Gasteiger partial charge in [0.2, 0.25) is 14.8 Å². The van der Waals surface area contributed by atoms with Crippen LogP contribution >= 0.6 is 28.9 Å². The molecule has 0 heterocycles. The molecule has 2 radical (unpaired) electrons. The monoisotopic (exact) mass is 1380 g/mol. The van der Waals surface area contributed by atoms with E-state index in [-0.39, 0.29) is 17.1 Å². The largest absolute Gasteiger partial charge is 0.356 e. The van der Waals surface area contributed by atoms with Crippen LogP contribution in [0.4, 0.5) is 0 Å². The molecule has 0 unspecified atom stereocenters. The second-order valence-corrected chi connectivity index (χ2v) is 32.1. The molecule has 478 valence electrons. The fourth-order valence-corrected chi connectivity index (χ4v) is 29.5. The summed E-state index contributed by atoms with van der Waals surface area (Å²) in [6.45, 7) is 0. The molecule has 0 aliphatic carbocycles. The van der Waals surface area contributed by atoms with E-state index in [0.29, 0.717) is 0 Å². The van der Waals surface area contributed by atoms with Crippen molar-refractivity contribution >= 4 is 92.6 Å². The standard InChI is InChI=1S/2C36H30NP2.Fe.3NO3.2NO/c2*1-7-19-31(20-8-1)38(32-21-9-2-10-22-32,33-23-11-3-12-24-33)37-39(34-25-13-4-14-26-34,35-27-15-5-16-28-35)36-29-17-6-18-30-36;;3*2-1(3)4;2*1-2/h2*1-30H;;;;;;/q2*+1;;3*-1;;. The second-order valence-electron chi connectivity index (χ2n) is 19.4. The molecule has 0 amide bonds. The van der Waals surface area contributed by atoms with Crippen LogP contribution in [0.1, 0.15) is 0 Å².